The molecule has 2 saturated heterocycles. The summed E-state index contributed by atoms with van der Waals surface area (Å²) < 4.78 is 1.54. The van der Waals surface area contributed by atoms with Gasteiger partial charge in [0.05, 0.1) is 24.0 Å². The highest BCUT2D eigenvalue weighted by molar-refractivity contribution is 8.00. The lowest BCUT2D eigenvalue weighted by Crippen LogP contribution is -2.74. The van der Waals surface area contributed by atoms with Crippen molar-refractivity contribution in [3.8, 4) is 11.5 Å². The van der Waals surface area contributed by atoms with Crippen LogP contribution in [0.1, 0.15) is 17.4 Å². The molecule has 2 aliphatic heterocycles. The molecule has 0 aliphatic carbocycles. The number of anilines is 3. The molecule has 20 heteroatoms. The van der Waals surface area contributed by atoms with Crippen molar-refractivity contribution in [2.45, 2.75) is 24.1 Å². The zero-order valence-electron chi connectivity index (χ0n) is 24.0. The Morgan fingerprint density at radius 3 is 2.66 bits per heavy atom. The molecule has 18 nitrogen and oxygen atoms in total. The first kappa shape index (κ1) is 32.8. The molecule has 0 saturated carbocycles. The van der Waals surface area contributed by atoms with Gasteiger partial charge in [0.1, 0.15) is 17.1 Å². The van der Waals surface area contributed by atoms with Crippen molar-refractivity contribution < 1.29 is 49.0 Å². The summed E-state index contributed by atoms with van der Waals surface area (Å²) in [4.78, 5) is 65.2. The van der Waals surface area contributed by atoms with Gasteiger partial charge in [-0.1, -0.05) is 28.4 Å². The lowest BCUT2D eigenvalue weighted by Gasteiger charge is -2.54. The maximum atomic E-state index is 13.4. The largest absolute Gasteiger partial charge is 0.549 e. The average Bonchev–Trinajstić information content (AvgIpc) is 3.45. The molecule has 5 rings (SSSR count). The first-order chi connectivity index (χ1) is 22.3. The minimum Gasteiger partial charge on any atom is -0.549 e. The van der Waals surface area contributed by atoms with Gasteiger partial charge in [0.2, 0.25) is 30.0 Å². The third kappa shape index (κ3) is 6.67. The highest BCUT2D eigenvalue weighted by atomic mass is 32.2. The van der Waals surface area contributed by atoms with Gasteiger partial charge in [-0.25, -0.2) is 14.3 Å². The second-order valence-corrected chi connectivity index (χ2v) is 12.4. The number of phenols is 2. The molecule has 4 heterocycles. The number of nitrogen functional groups attached to an aromatic ring is 3. The molecular weight excluding hydrogens is 658 g/mol. The Bertz CT molecular complexity index is 1820. The fourth-order valence-corrected chi connectivity index (χ4v) is 6.83. The zero-order chi connectivity index (χ0) is 34.0. The number of fused-ring (bicyclic) bond motifs is 1. The number of nitrogens with two attached hydrogens (primary N) is 3. The number of nitrogens with one attached hydrogen (secondary N) is 1. The van der Waals surface area contributed by atoms with Crippen molar-refractivity contribution >= 4 is 69.3 Å². The number of aliphatic carboxylic acids is 2. The molecule has 2 amide bonds. The third-order valence-corrected chi connectivity index (χ3v) is 9.49. The van der Waals surface area contributed by atoms with Crippen molar-refractivity contribution in [2.24, 2.45) is 10.6 Å². The van der Waals surface area contributed by atoms with Crippen LogP contribution in [0.3, 0.4) is 0 Å². The van der Waals surface area contributed by atoms with Gasteiger partial charge in [-0.15, -0.1) is 23.1 Å². The number of hydrogen-bond acceptors (Lipinski definition) is 16. The highest BCUT2D eigenvalue weighted by Crippen LogP contribution is 2.42. The predicted octanol–water partition coefficient (Wildman–Crippen LogP) is -2.08. The summed E-state index contributed by atoms with van der Waals surface area (Å²) in [6.45, 7) is -0.0435. The number of allylic oxidation sites excluding steroid dienone is 1. The van der Waals surface area contributed by atoms with Gasteiger partial charge in [0.25, 0.3) is 5.91 Å². The van der Waals surface area contributed by atoms with E-state index >= 15 is 0 Å². The number of rotatable bonds is 11. The molecule has 47 heavy (non-hydrogen) atoms. The van der Waals surface area contributed by atoms with E-state index in [1.54, 1.807) is 10.6 Å². The van der Waals surface area contributed by atoms with Gasteiger partial charge >= 0.3 is 5.97 Å². The van der Waals surface area contributed by atoms with Crippen LogP contribution in [0.5, 0.6) is 11.5 Å². The number of aromatic hydroxyl groups is 2. The highest BCUT2D eigenvalue weighted by Gasteiger charge is 2.55. The molecule has 0 spiro atoms. The Labute approximate surface area is 273 Å². The van der Waals surface area contributed by atoms with Crippen molar-refractivity contribution in [3.05, 3.63) is 59.4 Å². The Kier molecular flexibility index (Phi) is 9.06. The summed E-state index contributed by atoms with van der Waals surface area (Å²) in [5.41, 5.74) is 15.0. The molecule has 2 aliphatic rings. The van der Waals surface area contributed by atoms with E-state index in [1.807, 2.05) is 0 Å². The summed E-state index contributed by atoms with van der Waals surface area (Å²) in [6.07, 6.45) is 2.60. The lowest BCUT2D eigenvalue weighted by atomic mass is 9.86. The van der Waals surface area contributed by atoms with Crippen molar-refractivity contribution in [1.82, 2.24) is 20.2 Å². The topological polar surface area (TPSA) is 297 Å². The van der Waals surface area contributed by atoms with E-state index < -0.39 is 63.9 Å². The van der Waals surface area contributed by atoms with Gasteiger partial charge in [-0.2, -0.15) is 0 Å². The molecular formula is C27H27N9O9S2. The van der Waals surface area contributed by atoms with Gasteiger partial charge in [-0.05, 0) is 12.1 Å². The number of thioether (sulfide) groups is 1. The average molecular weight is 686 g/mol. The number of carboxylic acid groups (broad SMARTS) is 2. The summed E-state index contributed by atoms with van der Waals surface area (Å²) in [5, 5.41) is 48.4. The Balaban J connectivity index is 1.30. The van der Waals surface area contributed by atoms with E-state index in [4.69, 9.17) is 22.0 Å². The van der Waals surface area contributed by atoms with Crippen LogP contribution < -0.4 is 32.2 Å². The SMILES string of the molecule is Nc1cc(N)[n+](CC=CC2(C(=O)[O-])CS[C@@H]3C(NC(=O)C(=NOC(C(=O)O)c4ccc(O)c(O)c4)c4csc(N)n4)C(=O)N3C2)cn1. The number of carbonyl (C=O) groups is 4. The van der Waals surface area contributed by atoms with Crippen LogP contribution >= 0.6 is 23.1 Å². The molecule has 4 atom stereocenters. The fourth-order valence-electron chi connectivity index (χ4n) is 4.77. The van der Waals surface area contributed by atoms with E-state index in [9.17, 15) is 39.6 Å². The van der Waals surface area contributed by atoms with E-state index in [2.05, 4.69) is 20.4 Å². The minimum absolute atomic E-state index is 0.0131. The number of hydrogen-bond donors (Lipinski definition) is 7. The van der Waals surface area contributed by atoms with Crippen LogP contribution in [0.15, 0.2) is 53.3 Å². The van der Waals surface area contributed by atoms with Crippen LogP contribution in [0.25, 0.3) is 0 Å². The first-order valence-electron chi connectivity index (χ1n) is 13.5. The number of phenolic OH excluding ortho intramolecular Hbond substituents is 2. The smallest absolute Gasteiger partial charge is 0.352 e. The molecule has 2 fully saturated rings. The Morgan fingerprint density at radius 2 is 2.02 bits per heavy atom. The molecule has 246 valence electrons. The number of amides is 2. The van der Waals surface area contributed by atoms with Crippen LogP contribution in [0.2, 0.25) is 0 Å². The Hall–Kier alpha value is -5.63. The molecule has 10 N–H and O–H groups in total. The second kappa shape index (κ2) is 13.0. The predicted molar refractivity (Wildman–Crippen MR) is 164 cm³/mol. The molecule has 0 radical (unpaired) electrons. The third-order valence-electron chi connectivity index (χ3n) is 7.27. The molecule has 3 unspecified atom stereocenters. The molecule has 3 aromatic rings. The number of carbonyl (C=O) groups excluding carboxylic acids is 3. The van der Waals surface area contributed by atoms with Crippen molar-refractivity contribution in [1.29, 1.82) is 0 Å². The van der Waals surface area contributed by atoms with Gasteiger partial charge in [0.15, 0.2) is 22.3 Å². The monoisotopic (exact) mass is 685 g/mol. The van der Waals surface area contributed by atoms with Crippen LogP contribution in [0.4, 0.5) is 16.8 Å². The van der Waals surface area contributed by atoms with Gasteiger partial charge in [0, 0.05) is 23.2 Å². The first-order valence-corrected chi connectivity index (χ1v) is 15.4. The summed E-state index contributed by atoms with van der Waals surface area (Å²) in [7, 11) is 0. The maximum absolute atomic E-state index is 13.4. The number of carboxylic acids is 2. The number of β-lactam (4-membered cyclic amide) rings is 1. The minimum atomic E-state index is -1.81. The van der Waals surface area contributed by atoms with E-state index in [1.165, 1.54) is 34.8 Å². The summed E-state index contributed by atoms with van der Waals surface area (Å²) >= 11 is 2.08. The normalized spacial score (nSPS) is 21.5. The number of aromatic nitrogens is 3. The number of nitrogens with zero attached hydrogens (tertiary/aromatic N) is 5. The Morgan fingerprint density at radius 1 is 1.26 bits per heavy atom. The molecule has 1 aromatic carbocycles. The summed E-state index contributed by atoms with van der Waals surface area (Å²) in [6, 6.07) is 3.55. The number of thiazole rings is 1. The molecule has 0 bridgehead atoms. The van der Waals surface area contributed by atoms with E-state index in [0.29, 0.717) is 5.82 Å². The van der Waals surface area contributed by atoms with Crippen LogP contribution in [0, 0.1) is 5.41 Å². The number of benzene rings is 1. The van der Waals surface area contributed by atoms with Crippen molar-refractivity contribution in [3.63, 3.8) is 0 Å². The molecule has 2 aromatic heterocycles. The fraction of sp³-hybridized carbons (Fsp3) is 0.259. The van der Waals surface area contributed by atoms with Gasteiger partial charge in [-0.3, -0.25) is 9.59 Å². The maximum Gasteiger partial charge on any atom is 0.352 e. The quantitative estimate of drug-likeness (QED) is 0.0285. The van der Waals surface area contributed by atoms with E-state index in [0.717, 1.165) is 35.2 Å². The van der Waals surface area contributed by atoms with Crippen molar-refractivity contribution in [2.75, 3.05) is 29.5 Å². The number of oxime groups is 1. The van der Waals surface area contributed by atoms with Crippen LogP contribution in [-0.4, -0.2) is 83.4 Å². The standard InChI is InChI=1S/C27H27N9O9S2/c28-16-7-17(29)35(11-31-16)5-1-4-27(25(43)44)9-36-22(40)19(23(36)47-10-27)33-21(39)18(13-8-46-26(30)32-13)34-45-20(24(41)42)12-2-3-14(37)15(38)6-12/h1-4,6-8,11,19-20,23H,5,9-10H2,(H10,28,29,30,32,33,34,37,38,39,41,42,43,44)/t19?,20?,23-,27?/m1/s1. The van der Waals surface area contributed by atoms with Crippen LogP contribution in [-0.2, 0) is 30.6 Å². The van der Waals surface area contributed by atoms with Gasteiger partial charge < -0.3 is 57.5 Å². The lowest BCUT2D eigenvalue weighted by molar-refractivity contribution is -0.675. The summed E-state index contributed by atoms with van der Waals surface area (Å²) in [5.74, 6) is -4.99. The van der Waals surface area contributed by atoms with E-state index in [-0.39, 0.29) is 41.0 Å². The zero-order valence-corrected chi connectivity index (χ0v) is 25.7. The second-order valence-electron chi connectivity index (χ2n) is 10.4.